The van der Waals surface area contributed by atoms with Gasteiger partial charge in [-0.15, -0.1) is 0 Å². The fourth-order valence-electron chi connectivity index (χ4n) is 1.53. The molecule has 0 saturated heterocycles. The Labute approximate surface area is 113 Å². The number of carbonyl (C=O) groups excluding carboxylic acids is 1. The molecule has 1 aromatic carbocycles. The zero-order chi connectivity index (χ0) is 14.6. The van der Waals surface area contributed by atoms with Crippen molar-refractivity contribution in [1.82, 2.24) is 0 Å². The monoisotopic (exact) mass is 266 g/mol. The molecule has 5 nitrogen and oxygen atoms in total. The van der Waals surface area contributed by atoms with Gasteiger partial charge >= 0.3 is 6.09 Å². The van der Waals surface area contributed by atoms with Gasteiger partial charge in [0.15, 0.2) is 0 Å². The molecule has 1 atom stereocenters. The van der Waals surface area contributed by atoms with Crippen LogP contribution in [0.4, 0.5) is 10.5 Å². The number of hydrogen-bond acceptors (Lipinski definition) is 4. The number of anilines is 1. The highest BCUT2D eigenvalue weighted by atomic mass is 16.6. The van der Waals surface area contributed by atoms with Crippen molar-refractivity contribution in [2.45, 2.75) is 39.4 Å². The maximum absolute atomic E-state index is 11.7. The van der Waals surface area contributed by atoms with Gasteiger partial charge in [0.1, 0.15) is 5.60 Å². The molecule has 0 saturated carbocycles. The van der Waals surface area contributed by atoms with E-state index in [1.807, 2.05) is 13.0 Å². The topological polar surface area (TPSA) is 84.6 Å². The fraction of sp³-hybridized carbons (Fsp3) is 0.500. The third-order valence-corrected chi connectivity index (χ3v) is 2.51. The third kappa shape index (κ3) is 4.89. The first-order valence-corrected chi connectivity index (χ1v) is 6.21. The highest BCUT2D eigenvalue weighted by Crippen LogP contribution is 2.22. The summed E-state index contributed by atoms with van der Waals surface area (Å²) in [6.07, 6.45) is -1.25. The van der Waals surface area contributed by atoms with Crippen LogP contribution in [0.3, 0.4) is 0 Å². The molecular formula is C14H22N2O3. The Morgan fingerprint density at radius 1 is 1.47 bits per heavy atom. The molecule has 0 aliphatic rings. The lowest BCUT2D eigenvalue weighted by Crippen LogP contribution is -2.27. The molecule has 5 heteroatoms. The second-order valence-electron chi connectivity index (χ2n) is 5.45. The molecule has 1 aromatic rings. The Hall–Kier alpha value is -1.59. The maximum atomic E-state index is 11.7. The quantitative estimate of drug-likeness (QED) is 0.784. The molecule has 0 aromatic heterocycles. The van der Waals surface area contributed by atoms with E-state index in [1.165, 1.54) is 0 Å². The lowest BCUT2D eigenvalue weighted by Gasteiger charge is -2.20. The van der Waals surface area contributed by atoms with Crippen LogP contribution in [0.1, 0.15) is 38.0 Å². The van der Waals surface area contributed by atoms with Crippen LogP contribution >= 0.6 is 0 Å². The van der Waals surface area contributed by atoms with Crippen LogP contribution in [0.15, 0.2) is 18.2 Å². The molecule has 0 aliphatic carbocycles. The number of benzene rings is 1. The van der Waals surface area contributed by atoms with Crippen LogP contribution in [-0.4, -0.2) is 23.3 Å². The summed E-state index contributed by atoms with van der Waals surface area (Å²) >= 11 is 0. The number of nitrogens with one attached hydrogen (secondary N) is 1. The summed E-state index contributed by atoms with van der Waals surface area (Å²) in [7, 11) is 0. The summed E-state index contributed by atoms with van der Waals surface area (Å²) in [5.41, 5.74) is 7.03. The number of aliphatic hydroxyl groups is 1. The second-order valence-corrected chi connectivity index (χ2v) is 5.45. The first-order valence-electron chi connectivity index (χ1n) is 6.21. The summed E-state index contributed by atoms with van der Waals surface area (Å²) in [6, 6.07) is 5.31. The Kier molecular flexibility index (Phi) is 4.91. The van der Waals surface area contributed by atoms with Gasteiger partial charge in [-0.25, -0.2) is 4.79 Å². The van der Waals surface area contributed by atoms with Crippen LogP contribution in [0, 0.1) is 6.92 Å². The summed E-state index contributed by atoms with van der Waals surface area (Å²) in [6.45, 7) is 7.40. The highest BCUT2D eigenvalue weighted by molar-refractivity contribution is 5.86. The van der Waals surface area contributed by atoms with Crippen LogP contribution in [0.5, 0.6) is 0 Å². The largest absolute Gasteiger partial charge is 0.444 e. The number of ether oxygens (including phenoxy) is 1. The number of rotatable bonds is 3. The van der Waals surface area contributed by atoms with Gasteiger partial charge < -0.3 is 15.6 Å². The number of aliphatic hydroxyl groups excluding tert-OH is 1. The van der Waals surface area contributed by atoms with Crippen molar-refractivity contribution >= 4 is 11.8 Å². The Morgan fingerprint density at radius 3 is 2.63 bits per heavy atom. The number of hydrogen-bond donors (Lipinski definition) is 3. The van der Waals surface area contributed by atoms with Crippen LogP contribution in [-0.2, 0) is 4.74 Å². The smallest absolute Gasteiger partial charge is 0.412 e. The third-order valence-electron chi connectivity index (χ3n) is 2.51. The number of carbonyl (C=O) groups is 1. The van der Waals surface area contributed by atoms with Gasteiger partial charge in [-0.1, -0.05) is 12.1 Å². The molecule has 0 radical (unpaired) electrons. The molecule has 19 heavy (non-hydrogen) atoms. The van der Waals surface area contributed by atoms with E-state index in [2.05, 4.69) is 5.32 Å². The summed E-state index contributed by atoms with van der Waals surface area (Å²) in [5, 5.41) is 12.4. The molecule has 0 bridgehead atoms. The van der Waals surface area contributed by atoms with Crippen molar-refractivity contribution in [2.75, 3.05) is 11.9 Å². The minimum Gasteiger partial charge on any atom is -0.444 e. The van der Waals surface area contributed by atoms with Crippen molar-refractivity contribution in [2.24, 2.45) is 5.73 Å². The molecule has 0 unspecified atom stereocenters. The lowest BCUT2D eigenvalue weighted by molar-refractivity contribution is 0.0635. The van der Waals surface area contributed by atoms with Gasteiger partial charge in [0.2, 0.25) is 0 Å². The van der Waals surface area contributed by atoms with Gasteiger partial charge in [0, 0.05) is 12.2 Å². The molecule has 106 valence electrons. The average Bonchev–Trinajstić information content (AvgIpc) is 2.28. The van der Waals surface area contributed by atoms with Crippen molar-refractivity contribution in [1.29, 1.82) is 0 Å². The summed E-state index contributed by atoms with van der Waals surface area (Å²) in [4.78, 5) is 11.7. The van der Waals surface area contributed by atoms with Gasteiger partial charge in [-0.2, -0.15) is 0 Å². The number of amides is 1. The lowest BCUT2D eigenvalue weighted by atomic mass is 10.1. The van der Waals surface area contributed by atoms with Crippen LogP contribution in [0.25, 0.3) is 0 Å². The van der Waals surface area contributed by atoms with E-state index >= 15 is 0 Å². The number of nitrogens with two attached hydrogens (primary N) is 1. The minimum absolute atomic E-state index is 0.134. The molecule has 0 spiro atoms. The van der Waals surface area contributed by atoms with Gasteiger partial charge in [-0.3, -0.25) is 5.32 Å². The molecule has 0 fully saturated rings. The van der Waals surface area contributed by atoms with Crippen LogP contribution < -0.4 is 11.1 Å². The molecule has 0 heterocycles. The standard InChI is InChI=1S/C14H22N2O3/c1-9-5-6-10(12(17)8-15)7-11(9)16-13(18)19-14(2,3)4/h5-7,12,17H,8,15H2,1-4H3,(H,16,18)/t12-/m0/s1. The average molecular weight is 266 g/mol. The fourth-order valence-corrected chi connectivity index (χ4v) is 1.53. The second kappa shape index (κ2) is 6.04. The first kappa shape index (κ1) is 15.5. The molecular weight excluding hydrogens is 244 g/mol. The van der Waals surface area contributed by atoms with Gasteiger partial charge in [0.05, 0.1) is 6.10 Å². The van der Waals surface area contributed by atoms with Crippen molar-refractivity contribution in [3.05, 3.63) is 29.3 Å². The zero-order valence-corrected chi connectivity index (χ0v) is 11.9. The zero-order valence-electron chi connectivity index (χ0n) is 11.9. The van der Waals surface area contributed by atoms with Gasteiger partial charge in [0.25, 0.3) is 0 Å². The van der Waals surface area contributed by atoms with Crippen LogP contribution in [0.2, 0.25) is 0 Å². The highest BCUT2D eigenvalue weighted by Gasteiger charge is 2.17. The van der Waals surface area contributed by atoms with E-state index in [0.717, 1.165) is 5.56 Å². The minimum atomic E-state index is -0.736. The number of aryl methyl sites for hydroxylation is 1. The summed E-state index contributed by atoms with van der Waals surface area (Å²) in [5.74, 6) is 0. The van der Waals surface area contributed by atoms with E-state index < -0.39 is 17.8 Å². The van der Waals surface area contributed by atoms with E-state index in [0.29, 0.717) is 11.3 Å². The predicted molar refractivity (Wildman–Crippen MR) is 75.0 cm³/mol. The Bertz CT molecular complexity index is 452. The van der Waals surface area contributed by atoms with Crippen molar-refractivity contribution in [3.8, 4) is 0 Å². The van der Waals surface area contributed by atoms with E-state index in [-0.39, 0.29) is 6.54 Å². The van der Waals surface area contributed by atoms with Crippen molar-refractivity contribution in [3.63, 3.8) is 0 Å². The maximum Gasteiger partial charge on any atom is 0.412 e. The van der Waals surface area contributed by atoms with Crippen molar-refractivity contribution < 1.29 is 14.6 Å². The summed E-state index contributed by atoms with van der Waals surface area (Å²) < 4.78 is 5.19. The van der Waals surface area contributed by atoms with Gasteiger partial charge in [-0.05, 0) is 44.9 Å². The normalized spacial score (nSPS) is 12.9. The Morgan fingerprint density at radius 2 is 2.11 bits per heavy atom. The first-order chi connectivity index (χ1) is 8.73. The SMILES string of the molecule is Cc1ccc([C@@H](O)CN)cc1NC(=O)OC(C)(C)C. The predicted octanol–water partition coefficient (Wildman–Crippen LogP) is 2.33. The molecule has 1 rings (SSSR count). The van der Waals surface area contributed by atoms with E-state index in [1.54, 1.807) is 32.9 Å². The Balaban J connectivity index is 2.85. The van der Waals surface area contributed by atoms with E-state index in [4.69, 9.17) is 10.5 Å². The molecule has 4 N–H and O–H groups in total. The molecule has 1 amide bonds. The van der Waals surface area contributed by atoms with E-state index in [9.17, 15) is 9.90 Å². The molecule has 0 aliphatic heterocycles.